The van der Waals surface area contributed by atoms with Crippen LogP contribution in [0.1, 0.15) is 49.0 Å². The second kappa shape index (κ2) is 7.88. The lowest BCUT2D eigenvalue weighted by Gasteiger charge is -2.28. The predicted octanol–water partition coefficient (Wildman–Crippen LogP) is 1.68. The zero-order chi connectivity index (χ0) is 15.1. The molecule has 1 aromatic heterocycles. The molecule has 1 saturated carbocycles. The molecule has 0 atom stereocenters. The van der Waals surface area contributed by atoms with Crippen molar-refractivity contribution in [3.05, 3.63) is 30.1 Å². The van der Waals surface area contributed by atoms with Gasteiger partial charge in [0.05, 0.1) is 0 Å². The van der Waals surface area contributed by atoms with E-state index in [0.717, 1.165) is 25.7 Å². The Balaban J connectivity index is 1.74. The lowest BCUT2D eigenvalue weighted by atomic mass is 9.82. The summed E-state index contributed by atoms with van der Waals surface area (Å²) in [6.07, 6.45) is 6.43. The molecule has 3 N–H and O–H groups in total. The van der Waals surface area contributed by atoms with Crippen molar-refractivity contribution in [3.63, 3.8) is 0 Å². The van der Waals surface area contributed by atoms with Gasteiger partial charge in [-0.05, 0) is 43.7 Å². The Morgan fingerprint density at radius 1 is 1.24 bits per heavy atom. The highest BCUT2D eigenvalue weighted by molar-refractivity contribution is 5.94. The number of carbonyl (C=O) groups excluding carboxylic acids is 2. The highest BCUT2D eigenvalue weighted by Crippen LogP contribution is 2.27. The fourth-order valence-corrected chi connectivity index (χ4v) is 2.84. The summed E-state index contributed by atoms with van der Waals surface area (Å²) >= 11 is 0. The molecule has 0 radical (unpaired) electrons. The number of amides is 1. The molecule has 1 aliphatic rings. The van der Waals surface area contributed by atoms with E-state index in [2.05, 4.69) is 10.3 Å². The third kappa shape index (κ3) is 4.93. The van der Waals surface area contributed by atoms with Gasteiger partial charge in [-0.1, -0.05) is 6.07 Å². The Hall–Kier alpha value is -1.75. The number of rotatable bonds is 6. The lowest BCUT2D eigenvalue weighted by molar-refractivity contribution is -0.121. The van der Waals surface area contributed by atoms with Crippen LogP contribution in [-0.2, 0) is 4.79 Å². The molecule has 1 aromatic rings. The van der Waals surface area contributed by atoms with Gasteiger partial charge in [-0.2, -0.15) is 0 Å². The topological polar surface area (TPSA) is 85.1 Å². The van der Waals surface area contributed by atoms with Gasteiger partial charge in [-0.3, -0.25) is 14.6 Å². The molecule has 21 heavy (non-hydrogen) atoms. The SMILES string of the molecule is NCCC(=O)NC1CCC(CC(=O)c2ccccn2)CC1. The molecule has 0 aliphatic heterocycles. The van der Waals surface area contributed by atoms with Crippen molar-refractivity contribution in [2.45, 2.75) is 44.6 Å². The van der Waals surface area contributed by atoms with E-state index in [1.165, 1.54) is 0 Å². The van der Waals surface area contributed by atoms with Crippen LogP contribution in [0.5, 0.6) is 0 Å². The Bertz CT molecular complexity index is 468. The standard InChI is InChI=1S/C16H23N3O2/c17-9-8-16(21)19-13-6-4-12(5-7-13)11-15(20)14-3-1-2-10-18-14/h1-3,10,12-13H,4-9,11,17H2,(H,19,21). The zero-order valence-electron chi connectivity index (χ0n) is 12.3. The first-order valence-corrected chi connectivity index (χ1v) is 7.62. The predicted molar refractivity (Wildman–Crippen MR) is 80.7 cm³/mol. The second-order valence-electron chi connectivity index (χ2n) is 5.67. The van der Waals surface area contributed by atoms with E-state index >= 15 is 0 Å². The quantitative estimate of drug-likeness (QED) is 0.780. The summed E-state index contributed by atoms with van der Waals surface area (Å²) in [7, 11) is 0. The van der Waals surface area contributed by atoms with Crippen molar-refractivity contribution in [2.75, 3.05) is 6.54 Å². The molecule has 5 nitrogen and oxygen atoms in total. The summed E-state index contributed by atoms with van der Waals surface area (Å²) < 4.78 is 0. The minimum Gasteiger partial charge on any atom is -0.353 e. The van der Waals surface area contributed by atoms with E-state index in [-0.39, 0.29) is 17.7 Å². The molecule has 1 fully saturated rings. The van der Waals surface area contributed by atoms with Crippen LogP contribution in [0.25, 0.3) is 0 Å². The van der Waals surface area contributed by atoms with Crippen LogP contribution >= 0.6 is 0 Å². The fraction of sp³-hybridized carbons (Fsp3) is 0.562. The summed E-state index contributed by atoms with van der Waals surface area (Å²) in [6, 6.07) is 5.65. The summed E-state index contributed by atoms with van der Waals surface area (Å²) in [5, 5.41) is 3.01. The molecule has 0 saturated heterocycles. The van der Waals surface area contributed by atoms with Crippen molar-refractivity contribution in [2.24, 2.45) is 11.7 Å². The Morgan fingerprint density at radius 2 is 2.00 bits per heavy atom. The Morgan fingerprint density at radius 3 is 2.62 bits per heavy atom. The Kier molecular flexibility index (Phi) is 5.87. The van der Waals surface area contributed by atoms with Crippen molar-refractivity contribution < 1.29 is 9.59 Å². The lowest BCUT2D eigenvalue weighted by Crippen LogP contribution is -2.38. The molecule has 5 heteroatoms. The van der Waals surface area contributed by atoms with Crippen molar-refractivity contribution in [1.82, 2.24) is 10.3 Å². The highest BCUT2D eigenvalue weighted by Gasteiger charge is 2.24. The molecular formula is C16H23N3O2. The summed E-state index contributed by atoms with van der Waals surface area (Å²) in [4.78, 5) is 27.7. The number of nitrogens with two attached hydrogens (primary N) is 1. The van der Waals surface area contributed by atoms with Gasteiger partial charge < -0.3 is 11.1 Å². The highest BCUT2D eigenvalue weighted by atomic mass is 16.1. The van der Waals surface area contributed by atoms with Gasteiger partial charge in [-0.15, -0.1) is 0 Å². The normalized spacial score (nSPS) is 21.8. The van der Waals surface area contributed by atoms with E-state index in [1.807, 2.05) is 12.1 Å². The number of hydrogen-bond donors (Lipinski definition) is 2. The molecule has 0 spiro atoms. The van der Waals surface area contributed by atoms with Crippen LogP contribution in [0.2, 0.25) is 0 Å². The van der Waals surface area contributed by atoms with Crippen LogP contribution in [0.3, 0.4) is 0 Å². The zero-order valence-corrected chi connectivity index (χ0v) is 12.3. The third-order valence-electron chi connectivity index (χ3n) is 4.01. The van der Waals surface area contributed by atoms with Crippen LogP contribution in [0.15, 0.2) is 24.4 Å². The number of nitrogens with zero attached hydrogens (tertiary/aromatic N) is 1. The van der Waals surface area contributed by atoms with Gasteiger partial charge in [-0.25, -0.2) is 0 Å². The minimum atomic E-state index is 0.0329. The van der Waals surface area contributed by atoms with Crippen molar-refractivity contribution in [1.29, 1.82) is 0 Å². The number of ketones is 1. The van der Waals surface area contributed by atoms with Crippen LogP contribution in [0.4, 0.5) is 0 Å². The van der Waals surface area contributed by atoms with E-state index < -0.39 is 0 Å². The number of aromatic nitrogens is 1. The molecule has 2 rings (SSSR count). The first kappa shape index (κ1) is 15.6. The van der Waals surface area contributed by atoms with Gasteiger partial charge in [0.15, 0.2) is 5.78 Å². The molecular weight excluding hydrogens is 266 g/mol. The van der Waals surface area contributed by atoms with E-state index in [1.54, 1.807) is 12.3 Å². The molecule has 1 aliphatic carbocycles. The largest absolute Gasteiger partial charge is 0.353 e. The molecule has 0 bridgehead atoms. The van der Waals surface area contributed by atoms with E-state index in [0.29, 0.717) is 31.0 Å². The van der Waals surface area contributed by atoms with Gasteiger partial charge in [0.2, 0.25) is 5.91 Å². The monoisotopic (exact) mass is 289 g/mol. The molecule has 0 unspecified atom stereocenters. The van der Waals surface area contributed by atoms with Gasteiger partial charge in [0.1, 0.15) is 5.69 Å². The summed E-state index contributed by atoms with van der Waals surface area (Å²) in [6.45, 7) is 0.389. The fourth-order valence-electron chi connectivity index (χ4n) is 2.84. The molecule has 0 aromatic carbocycles. The van der Waals surface area contributed by atoms with E-state index in [9.17, 15) is 9.59 Å². The summed E-state index contributed by atoms with van der Waals surface area (Å²) in [5.41, 5.74) is 5.91. The number of carbonyl (C=O) groups is 2. The van der Waals surface area contributed by atoms with Crippen LogP contribution in [0, 0.1) is 5.92 Å². The average molecular weight is 289 g/mol. The van der Waals surface area contributed by atoms with Gasteiger partial charge >= 0.3 is 0 Å². The number of pyridine rings is 1. The maximum Gasteiger partial charge on any atom is 0.221 e. The Labute approximate surface area is 125 Å². The van der Waals surface area contributed by atoms with Gasteiger partial charge in [0.25, 0.3) is 0 Å². The maximum absolute atomic E-state index is 12.1. The smallest absolute Gasteiger partial charge is 0.221 e. The average Bonchev–Trinajstić information content (AvgIpc) is 2.50. The molecule has 114 valence electrons. The molecule has 1 heterocycles. The number of Topliss-reactive ketones (excluding diaryl/α,β-unsaturated/α-hetero) is 1. The third-order valence-corrected chi connectivity index (χ3v) is 4.01. The van der Waals surface area contributed by atoms with Gasteiger partial charge in [0, 0.05) is 31.6 Å². The molecule has 1 amide bonds. The summed E-state index contributed by atoms with van der Waals surface area (Å²) in [5.74, 6) is 0.555. The number of hydrogen-bond acceptors (Lipinski definition) is 4. The maximum atomic E-state index is 12.1. The minimum absolute atomic E-state index is 0.0329. The second-order valence-corrected chi connectivity index (χ2v) is 5.67. The van der Waals surface area contributed by atoms with Crippen molar-refractivity contribution in [3.8, 4) is 0 Å². The van der Waals surface area contributed by atoms with Crippen molar-refractivity contribution >= 4 is 11.7 Å². The first-order valence-electron chi connectivity index (χ1n) is 7.62. The van der Waals surface area contributed by atoms with Crippen LogP contribution < -0.4 is 11.1 Å². The first-order chi connectivity index (χ1) is 10.2. The van der Waals surface area contributed by atoms with E-state index in [4.69, 9.17) is 5.73 Å². The number of nitrogens with one attached hydrogen (secondary N) is 1. The van der Waals surface area contributed by atoms with Crippen LogP contribution in [-0.4, -0.2) is 29.3 Å².